The van der Waals surface area contributed by atoms with E-state index in [1.54, 1.807) is 13.3 Å². The zero-order valence-electron chi connectivity index (χ0n) is 16.4. The molecule has 1 aliphatic rings. The molecule has 0 saturated carbocycles. The van der Waals surface area contributed by atoms with Gasteiger partial charge >= 0.3 is 0 Å². The molecule has 0 N–H and O–H groups in total. The Morgan fingerprint density at radius 1 is 1.33 bits per heavy atom. The molecule has 0 radical (unpaired) electrons. The van der Waals surface area contributed by atoms with Crippen LogP contribution in [0.2, 0.25) is 5.02 Å². The minimum absolute atomic E-state index is 0.692. The largest absolute Gasteiger partial charge is 0.497 e. The molecular formula is C22H30Cl2N2O. The fourth-order valence-corrected chi connectivity index (χ4v) is 4.89. The summed E-state index contributed by atoms with van der Waals surface area (Å²) in [4.78, 5) is 7.03. The fourth-order valence-electron chi connectivity index (χ4n) is 4.42. The second kappa shape index (κ2) is 9.95. The topological polar surface area (TPSA) is 25.4 Å². The van der Waals surface area contributed by atoms with Crippen LogP contribution in [0.15, 0.2) is 24.4 Å². The van der Waals surface area contributed by atoms with Crippen LogP contribution in [0.5, 0.6) is 5.75 Å². The van der Waals surface area contributed by atoms with E-state index in [-0.39, 0.29) is 0 Å². The number of nitrogens with zero attached hydrogens (tertiary/aromatic N) is 2. The van der Waals surface area contributed by atoms with Crippen molar-refractivity contribution >= 4 is 34.1 Å². The number of likely N-dealkylation sites (tertiary alicyclic amines) is 1. The van der Waals surface area contributed by atoms with Crippen molar-refractivity contribution in [2.45, 2.75) is 51.5 Å². The van der Waals surface area contributed by atoms with E-state index in [0.717, 1.165) is 52.9 Å². The molecule has 1 fully saturated rings. The summed E-state index contributed by atoms with van der Waals surface area (Å²) in [5, 5.41) is 1.88. The lowest BCUT2D eigenvalue weighted by Crippen LogP contribution is -2.43. The SMILES string of the molecule is CCC1CC(CCCc2c(Cl)cnc3ccc(OC)cc23)CCN1CCCl. The number of halogens is 2. The van der Waals surface area contributed by atoms with E-state index >= 15 is 0 Å². The zero-order chi connectivity index (χ0) is 19.2. The Morgan fingerprint density at radius 3 is 2.93 bits per heavy atom. The van der Waals surface area contributed by atoms with Crippen LogP contribution in [-0.2, 0) is 6.42 Å². The van der Waals surface area contributed by atoms with Crippen molar-refractivity contribution < 1.29 is 4.74 Å². The van der Waals surface area contributed by atoms with Gasteiger partial charge in [0.1, 0.15) is 5.75 Å². The first kappa shape index (κ1) is 20.7. The highest BCUT2D eigenvalue weighted by Gasteiger charge is 2.26. The Kier molecular flexibility index (Phi) is 7.63. The van der Waals surface area contributed by atoms with Crippen LogP contribution in [0, 0.1) is 5.92 Å². The molecule has 27 heavy (non-hydrogen) atoms. The number of hydrogen-bond acceptors (Lipinski definition) is 3. The zero-order valence-corrected chi connectivity index (χ0v) is 17.9. The molecule has 3 rings (SSSR count). The molecular weight excluding hydrogens is 379 g/mol. The lowest BCUT2D eigenvalue weighted by Gasteiger charge is -2.39. The molecule has 0 spiro atoms. The third kappa shape index (κ3) is 5.07. The second-order valence-electron chi connectivity index (χ2n) is 7.54. The summed E-state index contributed by atoms with van der Waals surface area (Å²) >= 11 is 12.5. The first-order valence-electron chi connectivity index (χ1n) is 10.1. The number of fused-ring (bicyclic) bond motifs is 1. The van der Waals surface area contributed by atoms with Crippen molar-refractivity contribution in [3.63, 3.8) is 0 Å². The van der Waals surface area contributed by atoms with Crippen LogP contribution < -0.4 is 4.74 Å². The maximum atomic E-state index is 6.50. The van der Waals surface area contributed by atoms with Gasteiger partial charge in [0.05, 0.1) is 17.6 Å². The number of rotatable bonds is 8. The number of hydrogen-bond donors (Lipinski definition) is 0. The molecule has 148 valence electrons. The van der Waals surface area contributed by atoms with Crippen molar-refractivity contribution in [1.29, 1.82) is 0 Å². The van der Waals surface area contributed by atoms with Crippen molar-refractivity contribution in [3.05, 3.63) is 35.0 Å². The second-order valence-corrected chi connectivity index (χ2v) is 8.32. The highest BCUT2D eigenvalue weighted by molar-refractivity contribution is 6.32. The van der Waals surface area contributed by atoms with E-state index in [2.05, 4.69) is 22.9 Å². The smallest absolute Gasteiger partial charge is 0.119 e. The van der Waals surface area contributed by atoms with E-state index in [1.807, 2.05) is 12.1 Å². The molecule has 1 aliphatic heterocycles. The van der Waals surface area contributed by atoms with Gasteiger partial charge in [-0.3, -0.25) is 9.88 Å². The van der Waals surface area contributed by atoms with Crippen LogP contribution in [-0.4, -0.2) is 42.0 Å². The van der Waals surface area contributed by atoms with Crippen molar-refractivity contribution in [3.8, 4) is 5.75 Å². The first-order valence-corrected chi connectivity index (χ1v) is 11.0. The third-order valence-corrected chi connectivity index (χ3v) is 6.46. The van der Waals surface area contributed by atoms with E-state index in [0.29, 0.717) is 6.04 Å². The van der Waals surface area contributed by atoms with Crippen molar-refractivity contribution in [2.75, 3.05) is 26.1 Å². The lowest BCUT2D eigenvalue weighted by molar-refractivity contribution is 0.111. The molecule has 2 unspecified atom stereocenters. The number of methoxy groups -OCH3 is 1. The number of ether oxygens (including phenoxy) is 1. The summed E-state index contributed by atoms with van der Waals surface area (Å²) in [6.07, 6.45) is 8.99. The van der Waals surface area contributed by atoms with Gasteiger partial charge in [0.25, 0.3) is 0 Å². The Balaban J connectivity index is 1.63. The highest BCUT2D eigenvalue weighted by atomic mass is 35.5. The van der Waals surface area contributed by atoms with E-state index in [9.17, 15) is 0 Å². The minimum Gasteiger partial charge on any atom is -0.497 e. The molecule has 2 heterocycles. The maximum Gasteiger partial charge on any atom is 0.119 e. The average Bonchev–Trinajstić information content (AvgIpc) is 2.70. The van der Waals surface area contributed by atoms with Crippen LogP contribution in [0.4, 0.5) is 0 Å². The molecule has 1 saturated heterocycles. The van der Waals surface area contributed by atoms with Gasteiger partial charge in [-0.2, -0.15) is 0 Å². The van der Waals surface area contributed by atoms with Crippen molar-refractivity contribution in [1.82, 2.24) is 9.88 Å². The van der Waals surface area contributed by atoms with Gasteiger partial charge in [-0.05, 0) is 68.3 Å². The van der Waals surface area contributed by atoms with Gasteiger partial charge in [-0.15, -0.1) is 11.6 Å². The van der Waals surface area contributed by atoms with Gasteiger partial charge in [0.2, 0.25) is 0 Å². The Hall–Kier alpha value is -1.03. The van der Waals surface area contributed by atoms with Gasteiger partial charge in [0, 0.05) is 30.0 Å². The molecule has 2 aromatic rings. The number of aromatic nitrogens is 1. The summed E-state index contributed by atoms with van der Waals surface area (Å²) in [6, 6.07) is 6.71. The van der Waals surface area contributed by atoms with E-state index in [4.69, 9.17) is 27.9 Å². The molecule has 2 atom stereocenters. The fraction of sp³-hybridized carbons (Fsp3) is 0.591. The standard InChI is InChI=1S/C22H30Cl2N2O/c1-3-17-13-16(9-11-26(17)12-10-23)5-4-6-19-20-14-18(27-2)7-8-22(20)25-15-21(19)24/h7-8,14-17H,3-6,9-13H2,1-2H3. The number of benzene rings is 1. The highest BCUT2D eigenvalue weighted by Crippen LogP contribution is 2.32. The first-order chi connectivity index (χ1) is 13.2. The lowest BCUT2D eigenvalue weighted by atomic mass is 9.85. The van der Waals surface area contributed by atoms with Crippen molar-refractivity contribution in [2.24, 2.45) is 5.92 Å². The summed E-state index contributed by atoms with van der Waals surface area (Å²) in [5.74, 6) is 2.39. The molecule has 5 heteroatoms. The third-order valence-electron chi connectivity index (χ3n) is 5.96. The molecule has 1 aromatic carbocycles. The number of pyridine rings is 1. The summed E-state index contributed by atoms with van der Waals surface area (Å²) < 4.78 is 5.39. The monoisotopic (exact) mass is 408 g/mol. The summed E-state index contributed by atoms with van der Waals surface area (Å²) in [6.45, 7) is 4.50. The predicted octanol–water partition coefficient (Wildman–Crippen LogP) is 5.95. The molecule has 0 aliphatic carbocycles. The van der Waals surface area contributed by atoms with Gasteiger partial charge in [-0.1, -0.05) is 24.9 Å². The quantitative estimate of drug-likeness (QED) is 0.504. The normalized spacial score (nSPS) is 20.9. The maximum absolute atomic E-state index is 6.50. The van der Waals surface area contributed by atoms with Gasteiger partial charge in [0.15, 0.2) is 0 Å². The van der Waals surface area contributed by atoms with E-state index in [1.165, 1.54) is 37.8 Å². The molecule has 3 nitrogen and oxygen atoms in total. The Bertz CT molecular complexity index is 752. The minimum atomic E-state index is 0.692. The molecule has 0 bridgehead atoms. The number of piperidine rings is 1. The summed E-state index contributed by atoms with van der Waals surface area (Å²) in [7, 11) is 1.69. The van der Waals surface area contributed by atoms with E-state index < -0.39 is 0 Å². The molecule has 1 aromatic heterocycles. The van der Waals surface area contributed by atoms with Gasteiger partial charge < -0.3 is 4.74 Å². The Labute approximate surface area is 173 Å². The van der Waals surface area contributed by atoms with Gasteiger partial charge in [-0.25, -0.2) is 0 Å². The summed E-state index contributed by atoms with van der Waals surface area (Å²) in [5.41, 5.74) is 2.18. The van der Waals surface area contributed by atoms with Crippen LogP contribution >= 0.6 is 23.2 Å². The molecule has 0 amide bonds. The predicted molar refractivity (Wildman–Crippen MR) is 115 cm³/mol. The number of aryl methyl sites for hydroxylation is 1. The number of alkyl halides is 1. The van der Waals surface area contributed by atoms with Crippen LogP contribution in [0.25, 0.3) is 10.9 Å². The Morgan fingerprint density at radius 2 is 2.19 bits per heavy atom. The average molecular weight is 409 g/mol. The van der Waals surface area contributed by atoms with Crippen LogP contribution in [0.3, 0.4) is 0 Å². The van der Waals surface area contributed by atoms with Crippen LogP contribution in [0.1, 0.15) is 44.6 Å².